The minimum Gasteiger partial charge on any atom is -0.363 e. The lowest BCUT2D eigenvalue weighted by Crippen LogP contribution is -2.51. The smallest absolute Gasteiger partial charge is 0.363 e. The van der Waals surface area contributed by atoms with Crippen LogP contribution in [0.3, 0.4) is 0 Å². The first-order valence-electron chi connectivity index (χ1n) is 7.51. The van der Waals surface area contributed by atoms with E-state index in [0.29, 0.717) is 32.2 Å². The monoisotopic (exact) mass is 317 g/mol. The molecule has 0 bridgehead atoms. The Kier molecular flexibility index (Phi) is 4.12. The molecule has 2 fully saturated rings. The highest BCUT2D eigenvalue weighted by Crippen LogP contribution is 2.31. The number of carbonyl (C=O) groups excluding carboxylic acids is 1. The second-order valence-corrected chi connectivity index (χ2v) is 5.84. The van der Waals surface area contributed by atoms with Crippen LogP contribution >= 0.6 is 0 Å². The van der Waals surface area contributed by atoms with E-state index in [0.717, 1.165) is 6.26 Å². The highest BCUT2D eigenvalue weighted by Gasteiger charge is 2.41. The Bertz CT molecular complexity index is 530. The zero-order chi connectivity index (χ0) is 15.7. The highest BCUT2D eigenvalue weighted by atomic mass is 19.4. The molecule has 0 atom stereocenters. The second-order valence-electron chi connectivity index (χ2n) is 5.84. The van der Waals surface area contributed by atoms with E-state index in [1.807, 2.05) is 0 Å². The summed E-state index contributed by atoms with van der Waals surface area (Å²) in [6.45, 7) is 2.31. The average Bonchev–Trinajstić information content (AvgIpc) is 3.17. The molecule has 0 N–H and O–H groups in total. The molecule has 0 aromatic carbocycles. The lowest BCUT2D eigenvalue weighted by atomic mass is 10.1. The summed E-state index contributed by atoms with van der Waals surface area (Å²) in [4.78, 5) is 16.1. The number of hydrogen-bond acceptors (Lipinski definition) is 4. The fourth-order valence-corrected chi connectivity index (χ4v) is 3.32. The van der Waals surface area contributed by atoms with E-state index in [1.165, 1.54) is 30.6 Å². The predicted octanol–water partition coefficient (Wildman–Crippen LogP) is 2.39. The first-order chi connectivity index (χ1) is 10.5. The summed E-state index contributed by atoms with van der Waals surface area (Å²) in [6.07, 6.45) is 0.937. The molecule has 1 aliphatic heterocycles. The van der Waals surface area contributed by atoms with E-state index in [-0.39, 0.29) is 0 Å². The SMILES string of the molecule is O=C(c1conc1C(F)(F)F)N1CCN(C2CCCC2)CC1. The maximum absolute atomic E-state index is 12.8. The Morgan fingerprint density at radius 3 is 2.41 bits per heavy atom. The standard InChI is InChI=1S/C14H18F3N3O2/c15-14(16,17)12-11(9-22-18-12)13(21)20-7-5-19(6-8-20)10-3-1-2-4-10/h9-10H,1-8H2. The summed E-state index contributed by atoms with van der Waals surface area (Å²) in [5, 5.41) is 2.92. The molecule has 1 saturated heterocycles. The molecule has 3 rings (SSSR count). The van der Waals surface area contributed by atoms with Gasteiger partial charge in [0.15, 0.2) is 5.69 Å². The van der Waals surface area contributed by atoms with Gasteiger partial charge in [0.2, 0.25) is 0 Å². The van der Waals surface area contributed by atoms with Crippen LogP contribution in [0.2, 0.25) is 0 Å². The molecule has 22 heavy (non-hydrogen) atoms. The summed E-state index contributed by atoms with van der Waals surface area (Å²) in [5.41, 5.74) is -1.74. The third-order valence-corrected chi connectivity index (χ3v) is 4.51. The van der Waals surface area contributed by atoms with Gasteiger partial charge in [-0.2, -0.15) is 13.2 Å². The topological polar surface area (TPSA) is 49.6 Å². The van der Waals surface area contributed by atoms with Crippen LogP contribution in [0.1, 0.15) is 41.7 Å². The third-order valence-electron chi connectivity index (χ3n) is 4.51. The molecule has 0 spiro atoms. The van der Waals surface area contributed by atoms with Crippen molar-refractivity contribution in [3.63, 3.8) is 0 Å². The number of carbonyl (C=O) groups is 1. The lowest BCUT2D eigenvalue weighted by Gasteiger charge is -2.38. The number of nitrogens with zero attached hydrogens (tertiary/aromatic N) is 3. The van der Waals surface area contributed by atoms with Crippen LogP contribution in [0.15, 0.2) is 10.8 Å². The van der Waals surface area contributed by atoms with Gasteiger partial charge in [-0.15, -0.1) is 0 Å². The molecule has 1 saturated carbocycles. The van der Waals surface area contributed by atoms with Crippen LogP contribution in [-0.4, -0.2) is 53.1 Å². The van der Waals surface area contributed by atoms with E-state index in [9.17, 15) is 18.0 Å². The number of hydrogen-bond donors (Lipinski definition) is 0. The Morgan fingerprint density at radius 1 is 1.18 bits per heavy atom. The molecule has 2 heterocycles. The summed E-state index contributed by atoms with van der Waals surface area (Å²) in [6, 6.07) is 0.568. The van der Waals surface area contributed by atoms with E-state index in [2.05, 4.69) is 14.6 Å². The summed E-state index contributed by atoms with van der Waals surface area (Å²) in [5.74, 6) is -0.653. The van der Waals surface area contributed by atoms with Crippen LogP contribution in [0, 0.1) is 0 Å². The fraction of sp³-hybridized carbons (Fsp3) is 0.714. The van der Waals surface area contributed by atoms with Gasteiger partial charge in [-0.05, 0) is 12.8 Å². The molecule has 0 radical (unpaired) electrons. The number of piperazine rings is 1. The zero-order valence-electron chi connectivity index (χ0n) is 12.1. The Labute approximate surface area is 126 Å². The molecule has 2 aliphatic rings. The molecular weight excluding hydrogens is 299 g/mol. The first kappa shape index (κ1) is 15.3. The maximum atomic E-state index is 12.8. The second kappa shape index (κ2) is 5.91. The van der Waals surface area contributed by atoms with Crippen molar-refractivity contribution >= 4 is 5.91 Å². The molecule has 1 aromatic rings. The molecule has 1 aliphatic carbocycles. The van der Waals surface area contributed by atoms with Crippen molar-refractivity contribution in [1.29, 1.82) is 0 Å². The van der Waals surface area contributed by atoms with Crippen molar-refractivity contribution in [3.05, 3.63) is 17.5 Å². The molecule has 8 heteroatoms. The molecule has 1 aromatic heterocycles. The van der Waals surface area contributed by atoms with Gasteiger partial charge in [-0.1, -0.05) is 18.0 Å². The Balaban J connectivity index is 1.64. The number of amides is 1. The van der Waals surface area contributed by atoms with Gasteiger partial charge in [-0.25, -0.2) is 0 Å². The normalized spacial score (nSPS) is 21.5. The Hall–Kier alpha value is -1.57. The quantitative estimate of drug-likeness (QED) is 0.840. The fourth-order valence-electron chi connectivity index (χ4n) is 3.32. The number of alkyl halides is 3. The van der Waals surface area contributed by atoms with Crippen LogP contribution in [0.4, 0.5) is 13.2 Å². The van der Waals surface area contributed by atoms with Gasteiger partial charge in [0, 0.05) is 32.2 Å². The van der Waals surface area contributed by atoms with Crippen LogP contribution in [-0.2, 0) is 6.18 Å². The van der Waals surface area contributed by atoms with E-state index >= 15 is 0 Å². The zero-order valence-corrected chi connectivity index (χ0v) is 12.1. The molecule has 122 valence electrons. The van der Waals surface area contributed by atoms with Gasteiger partial charge in [0.1, 0.15) is 11.8 Å². The van der Waals surface area contributed by atoms with Crippen molar-refractivity contribution < 1.29 is 22.5 Å². The Morgan fingerprint density at radius 2 is 1.82 bits per heavy atom. The van der Waals surface area contributed by atoms with Crippen molar-refractivity contribution in [3.8, 4) is 0 Å². The van der Waals surface area contributed by atoms with E-state index in [1.54, 1.807) is 0 Å². The van der Waals surface area contributed by atoms with Crippen molar-refractivity contribution in [2.24, 2.45) is 0 Å². The summed E-state index contributed by atoms with van der Waals surface area (Å²) < 4.78 is 42.7. The van der Waals surface area contributed by atoms with E-state index in [4.69, 9.17) is 0 Å². The number of halogens is 3. The van der Waals surface area contributed by atoms with Crippen molar-refractivity contribution in [2.75, 3.05) is 26.2 Å². The predicted molar refractivity (Wildman–Crippen MR) is 71.2 cm³/mol. The van der Waals surface area contributed by atoms with E-state index < -0.39 is 23.3 Å². The first-order valence-corrected chi connectivity index (χ1v) is 7.51. The van der Waals surface area contributed by atoms with Crippen LogP contribution < -0.4 is 0 Å². The van der Waals surface area contributed by atoms with Crippen molar-refractivity contribution in [1.82, 2.24) is 15.0 Å². The molecule has 1 amide bonds. The summed E-state index contributed by atoms with van der Waals surface area (Å²) in [7, 11) is 0. The number of aromatic nitrogens is 1. The molecule has 5 nitrogen and oxygen atoms in total. The van der Waals surface area contributed by atoms with Gasteiger partial charge < -0.3 is 9.42 Å². The van der Waals surface area contributed by atoms with Crippen molar-refractivity contribution in [2.45, 2.75) is 37.9 Å². The van der Waals surface area contributed by atoms with Crippen LogP contribution in [0.25, 0.3) is 0 Å². The minimum atomic E-state index is -4.68. The number of rotatable bonds is 2. The van der Waals surface area contributed by atoms with Gasteiger partial charge in [0.05, 0.1) is 0 Å². The maximum Gasteiger partial charge on any atom is 0.437 e. The highest BCUT2D eigenvalue weighted by molar-refractivity contribution is 5.95. The molecule has 0 unspecified atom stereocenters. The largest absolute Gasteiger partial charge is 0.437 e. The van der Waals surface area contributed by atoms with Gasteiger partial charge in [-0.3, -0.25) is 9.69 Å². The summed E-state index contributed by atoms with van der Waals surface area (Å²) >= 11 is 0. The minimum absolute atomic E-state index is 0.442. The lowest BCUT2D eigenvalue weighted by molar-refractivity contribution is -0.143. The third kappa shape index (κ3) is 2.97. The average molecular weight is 317 g/mol. The van der Waals surface area contributed by atoms with Gasteiger partial charge >= 0.3 is 6.18 Å². The van der Waals surface area contributed by atoms with Gasteiger partial charge in [0.25, 0.3) is 5.91 Å². The van der Waals surface area contributed by atoms with Crippen LogP contribution in [0.5, 0.6) is 0 Å². The molecular formula is C14H18F3N3O2.